The summed E-state index contributed by atoms with van der Waals surface area (Å²) in [6.45, 7) is 6.52. The van der Waals surface area contributed by atoms with Crippen LogP contribution < -0.4 is 29.6 Å². The molecular weight excluding hydrogens is 327 g/mol. The minimum absolute atomic E-state index is 0. The van der Waals surface area contributed by atoms with Gasteiger partial charge in [-0.15, -0.1) is 0 Å². The molecule has 0 radical (unpaired) electrons. The van der Waals surface area contributed by atoms with Gasteiger partial charge in [0.2, 0.25) is 10.4 Å². The van der Waals surface area contributed by atoms with Gasteiger partial charge in [-0.25, -0.2) is 8.42 Å². The van der Waals surface area contributed by atoms with E-state index in [0.29, 0.717) is 13.0 Å². The van der Waals surface area contributed by atoms with Crippen LogP contribution >= 0.6 is 0 Å². The molecule has 0 aromatic heterocycles. The van der Waals surface area contributed by atoms with Crippen molar-refractivity contribution < 1.29 is 51.4 Å². The van der Waals surface area contributed by atoms with E-state index in [-0.39, 0.29) is 36.2 Å². The predicted octanol–water partition coefficient (Wildman–Crippen LogP) is 1.18. The van der Waals surface area contributed by atoms with Crippen LogP contribution in [0.3, 0.4) is 0 Å². The molecule has 0 aliphatic heterocycles. The Hall–Kier alpha value is 0.830. The third-order valence-electron chi connectivity index (χ3n) is 3.77. The minimum Gasteiger partial charge on any atom is -0.726 e. The van der Waals surface area contributed by atoms with Gasteiger partial charge in [0.05, 0.1) is 12.2 Å². The SMILES string of the molecule is CCCCCCCC(C)(COS(=O)(=O)[O-])OCCCCCC.[Na+]. The second-order valence-electron chi connectivity index (χ2n) is 6.19. The summed E-state index contributed by atoms with van der Waals surface area (Å²) in [7, 11) is -4.67. The minimum atomic E-state index is -4.67. The number of hydrogen-bond acceptors (Lipinski definition) is 5. The molecule has 0 heterocycles. The molecule has 23 heavy (non-hydrogen) atoms. The fraction of sp³-hybridized carbons (Fsp3) is 1.00. The Labute approximate surface area is 165 Å². The Bertz CT molecular complexity index is 345. The predicted molar refractivity (Wildman–Crippen MR) is 87.5 cm³/mol. The van der Waals surface area contributed by atoms with Crippen LogP contribution in [0.5, 0.6) is 0 Å². The number of unbranched alkanes of at least 4 members (excludes halogenated alkanes) is 7. The third-order valence-corrected chi connectivity index (χ3v) is 4.17. The zero-order valence-corrected chi connectivity index (χ0v) is 18.3. The Morgan fingerprint density at radius 3 is 1.96 bits per heavy atom. The first-order valence-corrected chi connectivity index (χ1v) is 9.90. The molecule has 0 aliphatic carbocycles. The van der Waals surface area contributed by atoms with Crippen molar-refractivity contribution in [2.75, 3.05) is 13.2 Å². The van der Waals surface area contributed by atoms with E-state index in [1.54, 1.807) is 0 Å². The zero-order valence-electron chi connectivity index (χ0n) is 15.4. The van der Waals surface area contributed by atoms with Crippen molar-refractivity contribution in [3.05, 3.63) is 0 Å². The largest absolute Gasteiger partial charge is 1.00 e. The van der Waals surface area contributed by atoms with Gasteiger partial charge in [-0.05, 0) is 19.8 Å². The van der Waals surface area contributed by atoms with E-state index in [4.69, 9.17) is 4.74 Å². The molecule has 1 unspecified atom stereocenters. The van der Waals surface area contributed by atoms with Crippen molar-refractivity contribution in [2.24, 2.45) is 0 Å². The van der Waals surface area contributed by atoms with Crippen LogP contribution in [-0.2, 0) is 19.3 Å². The van der Waals surface area contributed by atoms with Gasteiger partial charge in [0.25, 0.3) is 0 Å². The molecule has 0 N–H and O–H groups in total. The van der Waals surface area contributed by atoms with Crippen LogP contribution in [-0.4, -0.2) is 31.8 Å². The average Bonchev–Trinajstić information content (AvgIpc) is 2.44. The van der Waals surface area contributed by atoms with E-state index < -0.39 is 16.0 Å². The molecule has 0 bridgehead atoms. The summed E-state index contributed by atoms with van der Waals surface area (Å²) < 4.78 is 42.3. The summed E-state index contributed by atoms with van der Waals surface area (Å²) in [5.74, 6) is 0. The Morgan fingerprint density at radius 2 is 1.43 bits per heavy atom. The second kappa shape index (κ2) is 15.1. The molecule has 0 saturated carbocycles. The van der Waals surface area contributed by atoms with E-state index in [2.05, 4.69) is 18.0 Å². The van der Waals surface area contributed by atoms with Crippen molar-refractivity contribution in [1.82, 2.24) is 0 Å². The topological polar surface area (TPSA) is 75.7 Å². The fourth-order valence-corrected chi connectivity index (χ4v) is 2.73. The second-order valence-corrected chi connectivity index (χ2v) is 7.25. The molecule has 0 aromatic carbocycles. The number of ether oxygens (including phenoxy) is 1. The van der Waals surface area contributed by atoms with Crippen molar-refractivity contribution in [3.8, 4) is 0 Å². The van der Waals surface area contributed by atoms with Crippen molar-refractivity contribution in [3.63, 3.8) is 0 Å². The van der Waals surface area contributed by atoms with Gasteiger partial charge in [-0.3, -0.25) is 4.18 Å². The molecule has 5 nitrogen and oxygen atoms in total. The first-order valence-electron chi connectivity index (χ1n) is 8.57. The van der Waals surface area contributed by atoms with E-state index >= 15 is 0 Å². The summed E-state index contributed by atoms with van der Waals surface area (Å²) in [5.41, 5.74) is -0.699. The maximum absolute atomic E-state index is 10.7. The van der Waals surface area contributed by atoms with Crippen LogP contribution in [0.25, 0.3) is 0 Å². The van der Waals surface area contributed by atoms with Crippen LogP contribution in [0.15, 0.2) is 0 Å². The molecule has 134 valence electrons. The Balaban J connectivity index is 0. The summed E-state index contributed by atoms with van der Waals surface area (Å²) in [6, 6.07) is 0. The molecule has 0 aromatic rings. The number of rotatable bonds is 15. The summed E-state index contributed by atoms with van der Waals surface area (Å²) in [4.78, 5) is 0. The van der Waals surface area contributed by atoms with E-state index in [1.165, 1.54) is 25.7 Å². The van der Waals surface area contributed by atoms with Crippen molar-refractivity contribution in [1.29, 1.82) is 0 Å². The molecule has 1 atom stereocenters. The van der Waals surface area contributed by atoms with E-state index in [9.17, 15) is 13.0 Å². The van der Waals surface area contributed by atoms with Crippen LogP contribution in [0.1, 0.15) is 85.0 Å². The van der Waals surface area contributed by atoms with Gasteiger partial charge in [-0.1, -0.05) is 65.2 Å². The maximum Gasteiger partial charge on any atom is 1.00 e. The van der Waals surface area contributed by atoms with Gasteiger partial charge < -0.3 is 9.29 Å². The maximum atomic E-state index is 10.7. The normalized spacial score (nSPS) is 14.3. The molecule has 0 aliphatic rings. The summed E-state index contributed by atoms with van der Waals surface area (Å²) >= 11 is 0. The molecule has 7 heteroatoms. The van der Waals surface area contributed by atoms with Gasteiger partial charge in [0.15, 0.2) is 0 Å². The average molecular weight is 360 g/mol. The van der Waals surface area contributed by atoms with Gasteiger partial charge in [0.1, 0.15) is 0 Å². The first-order chi connectivity index (χ1) is 10.3. The van der Waals surface area contributed by atoms with E-state index in [0.717, 1.165) is 32.1 Å². The Kier molecular flexibility index (Phi) is 17.1. The van der Waals surface area contributed by atoms with Crippen LogP contribution in [0.4, 0.5) is 0 Å². The number of hydrogen-bond donors (Lipinski definition) is 0. The monoisotopic (exact) mass is 360 g/mol. The zero-order chi connectivity index (χ0) is 16.9. The smallest absolute Gasteiger partial charge is 0.726 e. The summed E-state index contributed by atoms with van der Waals surface area (Å²) in [6.07, 6.45) is 10.7. The van der Waals surface area contributed by atoms with Crippen molar-refractivity contribution in [2.45, 2.75) is 90.6 Å². The van der Waals surface area contributed by atoms with Gasteiger partial charge in [0, 0.05) is 6.61 Å². The summed E-state index contributed by atoms with van der Waals surface area (Å²) in [5, 5.41) is 0. The third kappa shape index (κ3) is 17.4. The van der Waals surface area contributed by atoms with E-state index in [1.807, 2.05) is 6.92 Å². The van der Waals surface area contributed by atoms with Gasteiger partial charge in [-0.2, -0.15) is 0 Å². The molecule has 0 saturated heterocycles. The van der Waals surface area contributed by atoms with Gasteiger partial charge >= 0.3 is 29.6 Å². The first kappa shape index (κ1) is 26.1. The quantitative estimate of drug-likeness (QED) is 0.190. The van der Waals surface area contributed by atoms with Crippen LogP contribution in [0.2, 0.25) is 0 Å². The Morgan fingerprint density at radius 1 is 0.913 bits per heavy atom. The van der Waals surface area contributed by atoms with Crippen molar-refractivity contribution >= 4 is 10.4 Å². The fourth-order valence-electron chi connectivity index (χ4n) is 2.33. The molecule has 0 rings (SSSR count). The standard InChI is InChI=1S/C16H34O5S.Na/c1-4-6-8-10-11-13-16(3,15-21-22(17,18)19)20-14-12-9-7-5-2;/h4-15H2,1-3H3,(H,17,18,19);/q;+1/p-1. The van der Waals surface area contributed by atoms with Crippen LogP contribution in [0, 0.1) is 0 Å². The molecule has 0 spiro atoms. The molecular formula is C16H33NaO5S. The molecule has 0 fully saturated rings. The molecule has 0 amide bonds.